The van der Waals surface area contributed by atoms with Gasteiger partial charge in [0.15, 0.2) is 0 Å². The molecule has 1 aliphatic rings. The Morgan fingerprint density at radius 2 is 2.19 bits per heavy atom. The molecule has 1 aliphatic heterocycles. The predicted molar refractivity (Wildman–Crippen MR) is 65.1 cm³/mol. The lowest BCUT2D eigenvalue weighted by Crippen LogP contribution is -2.35. The fourth-order valence-electron chi connectivity index (χ4n) is 2.77. The number of hydrogen-bond donors (Lipinski definition) is 1. The van der Waals surface area contributed by atoms with Crippen LogP contribution in [0.1, 0.15) is 36.8 Å². The molecule has 0 amide bonds. The summed E-state index contributed by atoms with van der Waals surface area (Å²) in [7, 11) is 0. The molecule has 1 N–H and O–H groups in total. The fourth-order valence-corrected chi connectivity index (χ4v) is 2.77. The summed E-state index contributed by atoms with van der Waals surface area (Å²) in [4.78, 5) is 0. The van der Waals surface area contributed by atoms with Crippen molar-refractivity contribution in [3.05, 3.63) is 35.1 Å². The summed E-state index contributed by atoms with van der Waals surface area (Å²) >= 11 is 0. The van der Waals surface area contributed by atoms with Crippen molar-refractivity contribution in [1.82, 2.24) is 5.32 Å². The van der Waals surface area contributed by atoms with E-state index in [0.717, 1.165) is 31.5 Å². The van der Waals surface area contributed by atoms with E-state index in [-0.39, 0.29) is 5.82 Å². The van der Waals surface area contributed by atoms with Crippen molar-refractivity contribution in [2.45, 2.75) is 32.6 Å². The van der Waals surface area contributed by atoms with E-state index in [2.05, 4.69) is 18.3 Å². The van der Waals surface area contributed by atoms with Crippen LogP contribution in [0.15, 0.2) is 18.2 Å². The average molecular weight is 221 g/mol. The molecule has 0 saturated carbocycles. The number of piperidine rings is 1. The van der Waals surface area contributed by atoms with Crippen LogP contribution in [0.3, 0.4) is 0 Å². The first kappa shape index (κ1) is 11.6. The third-order valence-electron chi connectivity index (χ3n) is 3.62. The Bertz CT molecular complexity index is 342. The zero-order chi connectivity index (χ0) is 11.5. The summed E-state index contributed by atoms with van der Waals surface area (Å²) in [5.41, 5.74) is 2.22. The lowest BCUT2D eigenvalue weighted by atomic mass is 9.79. The standard InChI is InChI=1S/C14H20FN/c1-3-11-9-16-5-4-14(11)12-6-10(2)7-13(15)8-12/h6-8,11,14,16H,3-5,9H2,1-2H3. The van der Waals surface area contributed by atoms with E-state index in [9.17, 15) is 4.39 Å². The maximum absolute atomic E-state index is 13.4. The average Bonchev–Trinajstić information content (AvgIpc) is 2.27. The van der Waals surface area contributed by atoms with Gasteiger partial charge in [-0.2, -0.15) is 0 Å². The Labute approximate surface area is 97.1 Å². The van der Waals surface area contributed by atoms with Crippen LogP contribution < -0.4 is 5.32 Å². The van der Waals surface area contributed by atoms with Crippen molar-refractivity contribution in [3.63, 3.8) is 0 Å². The summed E-state index contributed by atoms with van der Waals surface area (Å²) in [6.07, 6.45) is 2.29. The molecule has 0 radical (unpaired) electrons. The number of halogens is 1. The zero-order valence-corrected chi connectivity index (χ0v) is 10.1. The molecular formula is C14H20FN. The highest BCUT2D eigenvalue weighted by Gasteiger charge is 2.25. The first-order valence-electron chi connectivity index (χ1n) is 6.18. The molecule has 2 unspecified atom stereocenters. The smallest absolute Gasteiger partial charge is 0.123 e. The zero-order valence-electron chi connectivity index (χ0n) is 10.1. The van der Waals surface area contributed by atoms with Crippen molar-refractivity contribution in [2.24, 2.45) is 5.92 Å². The van der Waals surface area contributed by atoms with Gasteiger partial charge in [0.25, 0.3) is 0 Å². The number of aryl methyl sites for hydroxylation is 1. The van der Waals surface area contributed by atoms with Crippen LogP contribution in [-0.4, -0.2) is 13.1 Å². The molecule has 0 spiro atoms. The van der Waals surface area contributed by atoms with Crippen LogP contribution >= 0.6 is 0 Å². The highest BCUT2D eigenvalue weighted by Crippen LogP contribution is 2.32. The monoisotopic (exact) mass is 221 g/mol. The van der Waals surface area contributed by atoms with Gasteiger partial charge in [-0.05, 0) is 61.5 Å². The number of rotatable bonds is 2. The fraction of sp³-hybridized carbons (Fsp3) is 0.571. The van der Waals surface area contributed by atoms with Gasteiger partial charge in [-0.3, -0.25) is 0 Å². The molecule has 88 valence electrons. The minimum Gasteiger partial charge on any atom is -0.316 e. The van der Waals surface area contributed by atoms with Crippen molar-refractivity contribution in [1.29, 1.82) is 0 Å². The molecule has 16 heavy (non-hydrogen) atoms. The lowest BCUT2D eigenvalue weighted by Gasteiger charge is -2.32. The van der Waals surface area contributed by atoms with Gasteiger partial charge in [-0.25, -0.2) is 4.39 Å². The highest BCUT2D eigenvalue weighted by atomic mass is 19.1. The minimum absolute atomic E-state index is 0.0941. The Hall–Kier alpha value is -0.890. The summed E-state index contributed by atoms with van der Waals surface area (Å²) in [6.45, 7) is 6.30. The van der Waals surface area contributed by atoms with Gasteiger partial charge in [-0.15, -0.1) is 0 Å². The van der Waals surface area contributed by atoms with Gasteiger partial charge >= 0.3 is 0 Å². The van der Waals surface area contributed by atoms with Crippen LogP contribution in [0.5, 0.6) is 0 Å². The first-order valence-corrected chi connectivity index (χ1v) is 6.18. The van der Waals surface area contributed by atoms with Crippen molar-refractivity contribution < 1.29 is 4.39 Å². The van der Waals surface area contributed by atoms with E-state index >= 15 is 0 Å². The molecule has 1 aromatic rings. The van der Waals surface area contributed by atoms with Gasteiger partial charge in [0.2, 0.25) is 0 Å². The largest absolute Gasteiger partial charge is 0.316 e. The molecule has 0 aromatic heterocycles. The quantitative estimate of drug-likeness (QED) is 0.808. The molecule has 1 fully saturated rings. The summed E-state index contributed by atoms with van der Waals surface area (Å²) < 4.78 is 13.4. The molecule has 0 aliphatic carbocycles. The molecule has 0 bridgehead atoms. The predicted octanol–water partition coefficient (Wildman–Crippen LogP) is 3.24. The van der Waals surface area contributed by atoms with Gasteiger partial charge in [0, 0.05) is 0 Å². The van der Waals surface area contributed by atoms with E-state index in [1.54, 1.807) is 12.1 Å². The SMILES string of the molecule is CCC1CNCCC1c1cc(C)cc(F)c1. The van der Waals surface area contributed by atoms with E-state index < -0.39 is 0 Å². The normalized spacial score (nSPS) is 25.7. The van der Waals surface area contributed by atoms with E-state index in [0.29, 0.717) is 11.8 Å². The van der Waals surface area contributed by atoms with Gasteiger partial charge in [-0.1, -0.05) is 19.4 Å². The molecule has 1 aromatic carbocycles. The van der Waals surface area contributed by atoms with Crippen LogP contribution in [-0.2, 0) is 0 Å². The third kappa shape index (κ3) is 2.43. The van der Waals surface area contributed by atoms with Crippen LogP contribution in [0.2, 0.25) is 0 Å². The molecule has 1 nitrogen and oxygen atoms in total. The van der Waals surface area contributed by atoms with Crippen molar-refractivity contribution in [2.75, 3.05) is 13.1 Å². The first-order chi connectivity index (χ1) is 7.70. The second-order valence-corrected chi connectivity index (χ2v) is 4.83. The molecular weight excluding hydrogens is 201 g/mol. The summed E-state index contributed by atoms with van der Waals surface area (Å²) in [5.74, 6) is 1.08. The minimum atomic E-state index is -0.0941. The number of benzene rings is 1. The van der Waals surface area contributed by atoms with Crippen molar-refractivity contribution >= 4 is 0 Å². The van der Waals surface area contributed by atoms with Gasteiger partial charge in [0.1, 0.15) is 5.82 Å². The maximum Gasteiger partial charge on any atom is 0.123 e. The molecule has 2 heteroatoms. The molecule has 1 heterocycles. The topological polar surface area (TPSA) is 12.0 Å². The van der Waals surface area contributed by atoms with E-state index in [1.807, 2.05) is 6.92 Å². The molecule has 2 rings (SSSR count). The van der Waals surface area contributed by atoms with E-state index in [4.69, 9.17) is 0 Å². The third-order valence-corrected chi connectivity index (χ3v) is 3.62. The lowest BCUT2D eigenvalue weighted by molar-refractivity contribution is 0.317. The summed E-state index contributed by atoms with van der Waals surface area (Å²) in [5, 5.41) is 3.42. The van der Waals surface area contributed by atoms with Crippen LogP contribution in [0, 0.1) is 18.7 Å². The van der Waals surface area contributed by atoms with Crippen molar-refractivity contribution in [3.8, 4) is 0 Å². The molecule has 2 atom stereocenters. The number of nitrogens with one attached hydrogen (secondary N) is 1. The van der Waals surface area contributed by atoms with Crippen LogP contribution in [0.4, 0.5) is 4.39 Å². The Kier molecular flexibility index (Phi) is 3.59. The molecule has 1 saturated heterocycles. The Morgan fingerprint density at radius 1 is 1.38 bits per heavy atom. The second-order valence-electron chi connectivity index (χ2n) is 4.83. The van der Waals surface area contributed by atoms with Gasteiger partial charge in [0.05, 0.1) is 0 Å². The van der Waals surface area contributed by atoms with Gasteiger partial charge < -0.3 is 5.32 Å². The maximum atomic E-state index is 13.4. The van der Waals surface area contributed by atoms with E-state index in [1.165, 1.54) is 5.56 Å². The Balaban J connectivity index is 2.26. The number of hydrogen-bond acceptors (Lipinski definition) is 1. The highest BCUT2D eigenvalue weighted by molar-refractivity contribution is 5.27. The second kappa shape index (κ2) is 4.96. The summed E-state index contributed by atoms with van der Waals surface area (Å²) in [6, 6.07) is 5.46. The Morgan fingerprint density at radius 3 is 2.88 bits per heavy atom. The van der Waals surface area contributed by atoms with Crippen LogP contribution in [0.25, 0.3) is 0 Å².